The van der Waals surface area contributed by atoms with Crippen molar-refractivity contribution in [3.63, 3.8) is 0 Å². The number of hydrogen-bond acceptors (Lipinski definition) is 4. The molecule has 2 aliphatic heterocycles. The number of rotatable bonds is 4. The number of amides is 2. The van der Waals surface area contributed by atoms with Gasteiger partial charge in [0.25, 0.3) is 0 Å². The van der Waals surface area contributed by atoms with Crippen LogP contribution in [0.3, 0.4) is 0 Å². The van der Waals surface area contributed by atoms with E-state index in [1.165, 1.54) is 0 Å². The predicted octanol–water partition coefficient (Wildman–Crippen LogP) is -0.554. The van der Waals surface area contributed by atoms with Crippen molar-refractivity contribution in [2.24, 2.45) is 0 Å². The average Bonchev–Trinajstić information content (AvgIpc) is 2.98. The van der Waals surface area contributed by atoms with Crippen LogP contribution in [-0.4, -0.2) is 73.6 Å². The van der Waals surface area contributed by atoms with E-state index in [1.54, 1.807) is 0 Å². The second kappa shape index (κ2) is 6.86. The summed E-state index contributed by atoms with van der Waals surface area (Å²) < 4.78 is 5.28. The Morgan fingerprint density at radius 1 is 1.26 bits per heavy atom. The molecule has 0 aromatic rings. The summed E-state index contributed by atoms with van der Waals surface area (Å²) >= 11 is 0. The standard InChI is InChI=1S/C13H23N3O3/c1-2-15-5-7-16(8-6-15)12(17)10-14-13(18)11-4-3-9-19-11/h11H,2-10H2,1H3,(H,14,18). The largest absolute Gasteiger partial charge is 0.368 e. The van der Waals surface area contributed by atoms with Gasteiger partial charge in [-0.05, 0) is 19.4 Å². The minimum Gasteiger partial charge on any atom is -0.368 e. The van der Waals surface area contributed by atoms with E-state index in [0.717, 1.165) is 45.6 Å². The van der Waals surface area contributed by atoms with E-state index < -0.39 is 0 Å². The molecule has 0 radical (unpaired) electrons. The quantitative estimate of drug-likeness (QED) is 0.743. The monoisotopic (exact) mass is 269 g/mol. The molecule has 0 aromatic heterocycles. The number of nitrogens with zero attached hydrogens (tertiary/aromatic N) is 2. The number of ether oxygens (including phenoxy) is 1. The lowest BCUT2D eigenvalue weighted by Crippen LogP contribution is -2.51. The molecule has 2 aliphatic rings. The molecule has 0 saturated carbocycles. The van der Waals surface area contributed by atoms with Gasteiger partial charge in [-0.15, -0.1) is 0 Å². The van der Waals surface area contributed by atoms with Crippen molar-refractivity contribution in [2.45, 2.75) is 25.9 Å². The molecule has 6 nitrogen and oxygen atoms in total. The van der Waals surface area contributed by atoms with Gasteiger partial charge in [0, 0.05) is 32.8 Å². The minimum atomic E-state index is -0.357. The summed E-state index contributed by atoms with van der Waals surface area (Å²) in [5.74, 6) is -0.153. The summed E-state index contributed by atoms with van der Waals surface area (Å²) in [4.78, 5) is 27.8. The highest BCUT2D eigenvalue weighted by Gasteiger charge is 2.25. The van der Waals surface area contributed by atoms with Gasteiger partial charge in [0.15, 0.2) is 0 Å². The molecular formula is C13H23N3O3. The Labute approximate surface area is 114 Å². The van der Waals surface area contributed by atoms with E-state index in [-0.39, 0.29) is 24.5 Å². The SMILES string of the molecule is CCN1CCN(C(=O)CNC(=O)C2CCCO2)CC1. The summed E-state index contributed by atoms with van der Waals surface area (Å²) in [6.07, 6.45) is 1.32. The maximum absolute atomic E-state index is 12.0. The van der Waals surface area contributed by atoms with Crippen LogP contribution in [0.1, 0.15) is 19.8 Å². The smallest absolute Gasteiger partial charge is 0.249 e. The number of carbonyl (C=O) groups excluding carboxylic acids is 2. The van der Waals surface area contributed by atoms with Crippen LogP contribution in [0.25, 0.3) is 0 Å². The first-order chi connectivity index (χ1) is 9.20. The van der Waals surface area contributed by atoms with Gasteiger partial charge >= 0.3 is 0 Å². The third-order valence-electron chi connectivity index (χ3n) is 3.81. The molecule has 2 heterocycles. The zero-order valence-corrected chi connectivity index (χ0v) is 11.6. The molecule has 108 valence electrons. The lowest BCUT2D eigenvalue weighted by atomic mass is 10.2. The fraction of sp³-hybridized carbons (Fsp3) is 0.846. The normalized spacial score (nSPS) is 24.5. The van der Waals surface area contributed by atoms with Gasteiger partial charge in [-0.25, -0.2) is 0 Å². The summed E-state index contributed by atoms with van der Waals surface area (Å²) in [7, 11) is 0. The van der Waals surface area contributed by atoms with Crippen LogP contribution in [0.4, 0.5) is 0 Å². The van der Waals surface area contributed by atoms with Crippen LogP contribution in [0, 0.1) is 0 Å². The van der Waals surface area contributed by atoms with E-state index in [0.29, 0.717) is 6.61 Å². The fourth-order valence-corrected chi connectivity index (χ4v) is 2.49. The molecule has 0 bridgehead atoms. The number of piperazine rings is 1. The van der Waals surface area contributed by atoms with Gasteiger partial charge in [0.1, 0.15) is 6.10 Å². The van der Waals surface area contributed by atoms with Gasteiger partial charge in [-0.2, -0.15) is 0 Å². The second-order valence-corrected chi connectivity index (χ2v) is 5.03. The topological polar surface area (TPSA) is 61.9 Å². The Morgan fingerprint density at radius 2 is 2.00 bits per heavy atom. The summed E-state index contributed by atoms with van der Waals surface area (Å²) in [6.45, 7) is 7.22. The van der Waals surface area contributed by atoms with Gasteiger partial charge < -0.3 is 19.9 Å². The van der Waals surface area contributed by atoms with Crippen LogP contribution >= 0.6 is 0 Å². The number of nitrogens with one attached hydrogen (secondary N) is 1. The van der Waals surface area contributed by atoms with Crippen molar-refractivity contribution in [3.05, 3.63) is 0 Å². The highest BCUT2D eigenvalue weighted by Crippen LogP contribution is 2.11. The van der Waals surface area contributed by atoms with E-state index in [9.17, 15) is 9.59 Å². The Hall–Kier alpha value is -1.14. The molecule has 1 atom stereocenters. The van der Waals surface area contributed by atoms with Crippen LogP contribution in [0.5, 0.6) is 0 Å². The Balaban J connectivity index is 1.68. The van der Waals surface area contributed by atoms with Crippen molar-refractivity contribution < 1.29 is 14.3 Å². The zero-order valence-electron chi connectivity index (χ0n) is 11.6. The average molecular weight is 269 g/mol. The van der Waals surface area contributed by atoms with Crippen LogP contribution in [-0.2, 0) is 14.3 Å². The Bertz CT molecular complexity index is 321. The lowest BCUT2D eigenvalue weighted by molar-refractivity contribution is -0.136. The Kier molecular flexibility index (Phi) is 5.15. The van der Waals surface area contributed by atoms with Crippen LogP contribution < -0.4 is 5.32 Å². The van der Waals surface area contributed by atoms with Gasteiger partial charge in [0.2, 0.25) is 11.8 Å². The van der Waals surface area contributed by atoms with Crippen molar-refractivity contribution in [1.82, 2.24) is 15.1 Å². The molecule has 1 unspecified atom stereocenters. The van der Waals surface area contributed by atoms with Gasteiger partial charge in [0.05, 0.1) is 6.54 Å². The molecule has 2 saturated heterocycles. The van der Waals surface area contributed by atoms with Crippen LogP contribution in [0.2, 0.25) is 0 Å². The van der Waals surface area contributed by atoms with E-state index in [4.69, 9.17) is 4.74 Å². The maximum Gasteiger partial charge on any atom is 0.249 e. The molecule has 2 rings (SSSR count). The van der Waals surface area contributed by atoms with Crippen molar-refractivity contribution in [1.29, 1.82) is 0 Å². The van der Waals surface area contributed by atoms with Gasteiger partial charge in [-0.1, -0.05) is 6.92 Å². The van der Waals surface area contributed by atoms with Gasteiger partial charge in [-0.3, -0.25) is 9.59 Å². The highest BCUT2D eigenvalue weighted by molar-refractivity contribution is 5.87. The number of carbonyl (C=O) groups is 2. The molecule has 0 aliphatic carbocycles. The Morgan fingerprint density at radius 3 is 2.58 bits per heavy atom. The summed E-state index contributed by atoms with van der Waals surface area (Å²) in [6, 6.07) is 0. The molecule has 2 fully saturated rings. The molecule has 0 spiro atoms. The summed E-state index contributed by atoms with van der Waals surface area (Å²) in [5.41, 5.74) is 0. The molecule has 2 amide bonds. The van der Waals surface area contributed by atoms with E-state index in [1.807, 2.05) is 4.90 Å². The fourth-order valence-electron chi connectivity index (χ4n) is 2.49. The van der Waals surface area contributed by atoms with Crippen molar-refractivity contribution >= 4 is 11.8 Å². The first-order valence-corrected chi connectivity index (χ1v) is 7.10. The zero-order chi connectivity index (χ0) is 13.7. The lowest BCUT2D eigenvalue weighted by Gasteiger charge is -2.34. The van der Waals surface area contributed by atoms with Crippen LogP contribution in [0.15, 0.2) is 0 Å². The number of hydrogen-bond donors (Lipinski definition) is 1. The molecule has 0 aromatic carbocycles. The molecule has 6 heteroatoms. The second-order valence-electron chi connectivity index (χ2n) is 5.03. The molecule has 1 N–H and O–H groups in total. The molecular weight excluding hydrogens is 246 g/mol. The number of likely N-dealkylation sites (N-methyl/N-ethyl adjacent to an activating group) is 1. The predicted molar refractivity (Wildman–Crippen MR) is 70.7 cm³/mol. The maximum atomic E-state index is 12.0. The third-order valence-corrected chi connectivity index (χ3v) is 3.81. The molecule has 19 heavy (non-hydrogen) atoms. The minimum absolute atomic E-state index is 0.00194. The summed E-state index contributed by atoms with van der Waals surface area (Å²) in [5, 5.41) is 2.68. The van der Waals surface area contributed by atoms with E-state index in [2.05, 4.69) is 17.1 Å². The first-order valence-electron chi connectivity index (χ1n) is 7.10. The highest BCUT2D eigenvalue weighted by atomic mass is 16.5. The van der Waals surface area contributed by atoms with Crippen molar-refractivity contribution in [2.75, 3.05) is 45.9 Å². The third kappa shape index (κ3) is 3.91. The van der Waals surface area contributed by atoms with Crippen molar-refractivity contribution in [3.8, 4) is 0 Å². The first kappa shape index (κ1) is 14.3. The van der Waals surface area contributed by atoms with E-state index >= 15 is 0 Å².